The molecule has 0 spiro atoms. The zero-order chi connectivity index (χ0) is 16.2. The van der Waals surface area contributed by atoms with Crippen LogP contribution in [0.25, 0.3) is 10.8 Å². The van der Waals surface area contributed by atoms with Gasteiger partial charge in [0.15, 0.2) is 6.04 Å². The van der Waals surface area contributed by atoms with E-state index < -0.39 is 12.0 Å². The third-order valence-electron chi connectivity index (χ3n) is 4.62. The molecule has 4 nitrogen and oxygen atoms in total. The van der Waals surface area contributed by atoms with Crippen LogP contribution in [-0.2, 0) is 9.59 Å². The summed E-state index contributed by atoms with van der Waals surface area (Å²) in [5, 5.41) is 14.3. The lowest BCUT2D eigenvalue weighted by molar-refractivity contribution is -0.142. The van der Waals surface area contributed by atoms with Crippen molar-refractivity contribution in [3.05, 3.63) is 48.0 Å². The summed E-state index contributed by atoms with van der Waals surface area (Å²) in [6, 6.07) is 12.3. The highest BCUT2D eigenvalue weighted by Crippen LogP contribution is 2.26. The summed E-state index contributed by atoms with van der Waals surface area (Å²) in [5.74, 6) is -1.21. The Bertz CT molecular complexity index is 719. The molecule has 4 heteroatoms. The fourth-order valence-electron chi connectivity index (χ4n) is 3.30. The molecule has 3 rings (SSSR count). The summed E-state index contributed by atoms with van der Waals surface area (Å²) in [7, 11) is 0. The predicted octanol–water partition coefficient (Wildman–Crippen LogP) is 3.66. The van der Waals surface area contributed by atoms with E-state index in [-0.39, 0.29) is 11.8 Å². The minimum absolute atomic E-state index is 0.0499. The summed E-state index contributed by atoms with van der Waals surface area (Å²) in [4.78, 5) is 24.0. The van der Waals surface area contributed by atoms with Crippen molar-refractivity contribution in [2.24, 2.45) is 5.92 Å². The van der Waals surface area contributed by atoms with Crippen molar-refractivity contribution >= 4 is 22.6 Å². The highest BCUT2D eigenvalue weighted by molar-refractivity contribution is 5.88. The van der Waals surface area contributed by atoms with E-state index in [2.05, 4.69) is 5.32 Å². The molecule has 1 atom stereocenters. The molecule has 0 saturated heterocycles. The van der Waals surface area contributed by atoms with Gasteiger partial charge >= 0.3 is 5.97 Å². The van der Waals surface area contributed by atoms with E-state index in [4.69, 9.17) is 0 Å². The summed E-state index contributed by atoms with van der Waals surface area (Å²) < 4.78 is 0. The Morgan fingerprint density at radius 1 is 1.00 bits per heavy atom. The molecule has 2 aromatic rings. The van der Waals surface area contributed by atoms with E-state index in [9.17, 15) is 14.7 Å². The number of carboxylic acids is 1. The molecule has 1 saturated carbocycles. The maximum Gasteiger partial charge on any atom is 0.330 e. The van der Waals surface area contributed by atoms with Crippen LogP contribution < -0.4 is 5.32 Å². The summed E-state index contributed by atoms with van der Waals surface area (Å²) >= 11 is 0. The monoisotopic (exact) mass is 311 g/mol. The molecule has 120 valence electrons. The molecule has 1 aliphatic rings. The standard InChI is InChI=1S/C19H21NO3/c21-18(14-7-2-1-3-8-14)20-17(19(22)23)16-11-10-13-6-4-5-9-15(13)12-16/h4-6,9-12,14,17H,1-3,7-8H2,(H,20,21)(H,22,23). The lowest BCUT2D eigenvalue weighted by Crippen LogP contribution is -2.38. The molecule has 2 aromatic carbocycles. The van der Waals surface area contributed by atoms with Crippen LogP contribution in [0.15, 0.2) is 42.5 Å². The summed E-state index contributed by atoms with van der Waals surface area (Å²) in [6.45, 7) is 0. The second-order valence-electron chi connectivity index (χ2n) is 6.22. The Morgan fingerprint density at radius 3 is 2.39 bits per heavy atom. The number of rotatable bonds is 4. The van der Waals surface area contributed by atoms with Crippen molar-refractivity contribution in [2.45, 2.75) is 38.1 Å². The number of hydrogen-bond donors (Lipinski definition) is 2. The Labute approximate surface area is 135 Å². The van der Waals surface area contributed by atoms with Crippen molar-refractivity contribution in [1.29, 1.82) is 0 Å². The number of fused-ring (bicyclic) bond motifs is 1. The van der Waals surface area contributed by atoms with Crippen LogP contribution >= 0.6 is 0 Å². The normalized spacial score (nSPS) is 16.9. The number of carboxylic acid groups (broad SMARTS) is 1. The van der Waals surface area contributed by atoms with Gasteiger partial charge in [-0.25, -0.2) is 4.79 Å². The predicted molar refractivity (Wildman–Crippen MR) is 89.0 cm³/mol. The van der Waals surface area contributed by atoms with Gasteiger partial charge in [-0.3, -0.25) is 4.79 Å². The van der Waals surface area contributed by atoms with Crippen LogP contribution in [0.4, 0.5) is 0 Å². The molecule has 0 bridgehead atoms. The fraction of sp³-hybridized carbons (Fsp3) is 0.368. The van der Waals surface area contributed by atoms with E-state index in [1.54, 1.807) is 6.07 Å². The number of nitrogens with one attached hydrogen (secondary N) is 1. The number of amides is 1. The first-order valence-corrected chi connectivity index (χ1v) is 8.17. The van der Waals surface area contributed by atoms with Gasteiger partial charge in [0, 0.05) is 5.92 Å². The third-order valence-corrected chi connectivity index (χ3v) is 4.62. The van der Waals surface area contributed by atoms with E-state index >= 15 is 0 Å². The molecule has 0 aliphatic heterocycles. The molecule has 1 amide bonds. The molecule has 1 fully saturated rings. The van der Waals surface area contributed by atoms with Gasteiger partial charge < -0.3 is 10.4 Å². The Kier molecular flexibility index (Phi) is 4.60. The van der Waals surface area contributed by atoms with Gasteiger partial charge in [-0.1, -0.05) is 55.7 Å². The second kappa shape index (κ2) is 6.82. The van der Waals surface area contributed by atoms with Gasteiger partial charge in [-0.05, 0) is 35.2 Å². The highest BCUT2D eigenvalue weighted by Gasteiger charge is 2.27. The number of carbonyl (C=O) groups excluding carboxylic acids is 1. The SMILES string of the molecule is O=C(NC(C(=O)O)c1ccc2ccccc2c1)C1CCCCC1. The van der Waals surface area contributed by atoms with Crippen molar-refractivity contribution in [2.75, 3.05) is 0 Å². The molecule has 0 heterocycles. The third kappa shape index (κ3) is 3.52. The van der Waals surface area contributed by atoms with Crippen LogP contribution in [0.2, 0.25) is 0 Å². The zero-order valence-corrected chi connectivity index (χ0v) is 13.0. The average molecular weight is 311 g/mol. The van der Waals surface area contributed by atoms with Crippen molar-refractivity contribution in [1.82, 2.24) is 5.32 Å². The largest absolute Gasteiger partial charge is 0.479 e. The van der Waals surface area contributed by atoms with E-state index in [0.29, 0.717) is 5.56 Å². The van der Waals surface area contributed by atoms with Crippen molar-refractivity contribution in [3.8, 4) is 0 Å². The smallest absolute Gasteiger partial charge is 0.330 e. The minimum atomic E-state index is -1.02. The van der Waals surface area contributed by atoms with Gasteiger partial charge in [-0.2, -0.15) is 0 Å². The van der Waals surface area contributed by atoms with Crippen LogP contribution in [0, 0.1) is 5.92 Å². The second-order valence-corrected chi connectivity index (χ2v) is 6.22. The van der Waals surface area contributed by atoms with Crippen molar-refractivity contribution in [3.63, 3.8) is 0 Å². The summed E-state index contributed by atoms with van der Waals surface area (Å²) in [6.07, 6.45) is 4.97. The lowest BCUT2D eigenvalue weighted by Gasteiger charge is -2.23. The molecule has 23 heavy (non-hydrogen) atoms. The van der Waals surface area contributed by atoms with Crippen LogP contribution in [0.1, 0.15) is 43.7 Å². The molecule has 0 aromatic heterocycles. The van der Waals surface area contributed by atoms with Crippen LogP contribution in [-0.4, -0.2) is 17.0 Å². The zero-order valence-electron chi connectivity index (χ0n) is 13.0. The summed E-state index contributed by atoms with van der Waals surface area (Å²) in [5.41, 5.74) is 0.611. The van der Waals surface area contributed by atoms with Gasteiger partial charge in [0.2, 0.25) is 5.91 Å². The first-order chi connectivity index (χ1) is 11.1. The number of benzene rings is 2. The maximum atomic E-state index is 12.4. The highest BCUT2D eigenvalue weighted by atomic mass is 16.4. The van der Waals surface area contributed by atoms with Gasteiger partial charge in [0.25, 0.3) is 0 Å². The molecule has 2 N–H and O–H groups in total. The van der Waals surface area contributed by atoms with Crippen molar-refractivity contribution < 1.29 is 14.7 Å². The molecule has 1 unspecified atom stereocenters. The minimum Gasteiger partial charge on any atom is -0.479 e. The van der Waals surface area contributed by atoms with Crippen LogP contribution in [0.3, 0.4) is 0 Å². The number of hydrogen-bond acceptors (Lipinski definition) is 2. The van der Waals surface area contributed by atoms with Gasteiger partial charge in [-0.15, -0.1) is 0 Å². The first kappa shape index (κ1) is 15.5. The first-order valence-electron chi connectivity index (χ1n) is 8.17. The van der Waals surface area contributed by atoms with Crippen LogP contribution in [0.5, 0.6) is 0 Å². The average Bonchev–Trinajstić information content (AvgIpc) is 2.59. The molecule has 0 radical (unpaired) electrons. The topological polar surface area (TPSA) is 66.4 Å². The maximum absolute atomic E-state index is 12.4. The Hall–Kier alpha value is -2.36. The Balaban J connectivity index is 1.82. The van der Waals surface area contributed by atoms with E-state index in [1.807, 2.05) is 36.4 Å². The van der Waals surface area contributed by atoms with Gasteiger partial charge in [0.05, 0.1) is 0 Å². The molecular weight excluding hydrogens is 290 g/mol. The fourth-order valence-corrected chi connectivity index (χ4v) is 3.30. The van der Waals surface area contributed by atoms with E-state index in [1.165, 1.54) is 0 Å². The molecule has 1 aliphatic carbocycles. The number of carbonyl (C=O) groups is 2. The van der Waals surface area contributed by atoms with Gasteiger partial charge in [0.1, 0.15) is 0 Å². The van der Waals surface area contributed by atoms with E-state index in [0.717, 1.165) is 42.9 Å². The number of aliphatic carboxylic acids is 1. The Morgan fingerprint density at radius 2 is 1.70 bits per heavy atom. The quantitative estimate of drug-likeness (QED) is 0.905. The molecular formula is C19H21NO3. The lowest BCUT2D eigenvalue weighted by atomic mass is 9.88.